The van der Waals surface area contributed by atoms with Crippen LogP contribution < -0.4 is 11.1 Å². The molecule has 0 bridgehead atoms. The number of carbonyl (C=O) groups is 1. The van der Waals surface area contributed by atoms with Crippen molar-refractivity contribution in [3.8, 4) is 0 Å². The Morgan fingerprint density at radius 1 is 1.33 bits per heavy atom. The molecule has 0 radical (unpaired) electrons. The van der Waals surface area contributed by atoms with Gasteiger partial charge in [0.15, 0.2) is 5.13 Å². The van der Waals surface area contributed by atoms with Crippen LogP contribution >= 0.6 is 38.9 Å². The number of anilines is 2. The van der Waals surface area contributed by atoms with Gasteiger partial charge in [0.05, 0.1) is 9.72 Å². The quantitative estimate of drug-likeness (QED) is 0.683. The zero-order valence-electron chi connectivity index (χ0n) is 10.6. The monoisotopic (exact) mass is 381 g/mol. The van der Waals surface area contributed by atoms with Crippen LogP contribution in [0, 0.1) is 0 Å². The summed E-state index contributed by atoms with van der Waals surface area (Å²) in [6.07, 6.45) is 0. The Morgan fingerprint density at radius 3 is 2.90 bits per heavy atom. The third kappa shape index (κ3) is 3.02. The van der Waals surface area contributed by atoms with Crippen molar-refractivity contribution in [2.24, 2.45) is 0 Å². The lowest BCUT2D eigenvalue weighted by Crippen LogP contribution is -2.11. The molecule has 1 aromatic heterocycles. The topological polar surface area (TPSA) is 68.0 Å². The number of hydrogen-bond acceptors (Lipinski definition) is 4. The van der Waals surface area contributed by atoms with Crippen LogP contribution in [-0.2, 0) is 0 Å². The van der Waals surface area contributed by atoms with Crippen molar-refractivity contribution in [2.45, 2.75) is 0 Å². The third-order valence-electron chi connectivity index (χ3n) is 2.81. The molecule has 0 aliphatic heterocycles. The van der Waals surface area contributed by atoms with Crippen LogP contribution in [0.15, 0.2) is 40.9 Å². The van der Waals surface area contributed by atoms with E-state index in [-0.39, 0.29) is 5.91 Å². The maximum atomic E-state index is 12.2. The summed E-state index contributed by atoms with van der Waals surface area (Å²) in [6, 6.07) is 10.6. The number of rotatable bonds is 2. The van der Waals surface area contributed by atoms with Crippen LogP contribution in [0.4, 0.5) is 10.8 Å². The summed E-state index contributed by atoms with van der Waals surface area (Å²) in [6.45, 7) is 0. The first kappa shape index (κ1) is 14.3. The van der Waals surface area contributed by atoms with E-state index in [2.05, 4.69) is 26.2 Å². The van der Waals surface area contributed by atoms with Crippen LogP contribution in [0.2, 0.25) is 5.02 Å². The SMILES string of the molecule is Nc1nc2c(Cl)cc(NC(=O)c3cccc(Br)c3)cc2s1. The molecule has 3 rings (SSSR count). The Bertz CT molecular complexity index is 849. The number of amides is 1. The highest BCUT2D eigenvalue weighted by atomic mass is 79.9. The predicted molar refractivity (Wildman–Crippen MR) is 91.1 cm³/mol. The first-order chi connectivity index (χ1) is 10.0. The van der Waals surface area contributed by atoms with Gasteiger partial charge in [-0.2, -0.15) is 0 Å². The standard InChI is InChI=1S/C14H9BrClN3OS/c15-8-3-1-2-7(4-8)13(20)18-9-5-10(16)12-11(6-9)21-14(17)19-12/h1-6H,(H2,17,19)(H,18,20). The highest BCUT2D eigenvalue weighted by molar-refractivity contribution is 9.10. The van der Waals surface area contributed by atoms with Crippen molar-refractivity contribution in [1.29, 1.82) is 0 Å². The van der Waals surface area contributed by atoms with Crippen LogP contribution in [0.5, 0.6) is 0 Å². The second-order valence-electron chi connectivity index (χ2n) is 4.32. The van der Waals surface area contributed by atoms with E-state index >= 15 is 0 Å². The fourth-order valence-electron chi connectivity index (χ4n) is 1.91. The number of aromatic nitrogens is 1. The fraction of sp³-hybridized carbons (Fsp3) is 0. The van der Waals surface area contributed by atoms with Crippen molar-refractivity contribution >= 4 is 65.8 Å². The van der Waals surface area contributed by atoms with Gasteiger partial charge in [-0.1, -0.05) is 44.9 Å². The van der Waals surface area contributed by atoms with Gasteiger partial charge in [0, 0.05) is 15.7 Å². The van der Waals surface area contributed by atoms with Crippen molar-refractivity contribution in [1.82, 2.24) is 4.98 Å². The largest absolute Gasteiger partial charge is 0.375 e. The molecule has 4 nitrogen and oxygen atoms in total. The number of thiazole rings is 1. The van der Waals surface area contributed by atoms with E-state index in [1.165, 1.54) is 11.3 Å². The summed E-state index contributed by atoms with van der Waals surface area (Å²) in [5.41, 5.74) is 7.50. The van der Waals surface area contributed by atoms with Gasteiger partial charge in [0.25, 0.3) is 5.91 Å². The van der Waals surface area contributed by atoms with Crippen LogP contribution in [0.3, 0.4) is 0 Å². The number of benzene rings is 2. The average molecular weight is 383 g/mol. The molecule has 0 spiro atoms. The van der Waals surface area contributed by atoms with E-state index in [1.807, 2.05) is 12.1 Å². The summed E-state index contributed by atoms with van der Waals surface area (Å²) in [5.74, 6) is -0.204. The molecular formula is C14H9BrClN3OS. The lowest BCUT2D eigenvalue weighted by molar-refractivity contribution is 0.102. The minimum atomic E-state index is -0.204. The van der Waals surface area contributed by atoms with Gasteiger partial charge < -0.3 is 11.1 Å². The van der Waals surface area contributed by atoms with Crippen molar-refractivity contribution in [3.63, 3.8) is 0 Å². The van der Waals surface area contributed by atoms with Gasteiger partial charge in [-0.3, -0.25) is 4.79 Å². The van der Waals surface area contributed by atoms with Gasteiger partial charge in [-0.05, 0) is 30.3 Å². The number of nitrogens with one attached hydrogen (secondary N) is 1. The summed E-state index contributed by atoms with van der Waals surface area (Å²) in [7, 11) is 0. The molecule has 3 aromatic rings. The van der Waals surface area contributed by atoms with Gasteiger partial charge in [-0.15, -0.1) is 0 Å². The Hall–Kier alpha value is -1.63. The van der Waals surface area contributed by atoms with Crippen molar-refractivity contribution in [2.75, 3.05) is 11.1 Å². The molecule has 0 atom stereocenters. The molecule has 7 heteroatoms. The number of halogens is 2. The molecule has 0 saturated heterocycles. The molecule has 0 saturated carbocycles. The lowest BCUT2D eigenvalue weighted by Gasteiger charge is -2.06. The van der Waals surface area contributed by atoms with Gasteiger partial charge >= 0.3 is 0 Å². The summed E-state index contributed by atoms with van der Waals surface area (Å²) >= 11 is 10.8. The van der Waals surface area contributed by atoms with E-state index in [4.69, 9.17) is 17.3 Å². The molecule has 0 aliphatic rings. The third-order valence-corrected chi connectivity index (χ3v) is 4.42. The maximum absolute atomic E-state index is 12.2. The highest BCUT2D eigenvalue weighted by Crippen LogP contribution is 2.32. The molecule has 21 heavy (non-hydrogen) atoms. The molecule has 1 amide bonds. The van der Waals surface area contributed by atoms with Crippen molar-refractivity contribution < 1.29 is 4.79 Å². The number of nitrogens with zero attached hydrogens (tertiary/aromatic N) is 1. The minimum Gasteiger partial charge on any atom is -0.375 e. The minimum absolute atomic E-state index is 0.204. The maximum Gasteiger partial charge on any atom is 0.255 e. The Morgan fingerprint density at radius 2 is 2.14 bits per heavy atom. The van der Waals surface area contributed by atoms with Gasteiger partial charge in [-0.25, -0.2) is 4.98 Å². The predicted octanol–water partition coefficient (Wildman–Crippen LogP) is 4.55. The second kappa shape index (κ2) is 5.63. The van der Waals surface area contributed by atoms with E-state index in [9.17, 15) is 4.79 Å². The molecule has 0 fully saturated rings. The Balaban J connectivity index is 1.92. The smallest absolute Gasteiger partial charge is 0.255 e. The molecule has 1 heterocycles. The molecule has 0 aliphatic carbocycles. The van der Waals surface area contributed by atoms with Crippen molar-refractivity contribution in [3.05, 3.63) is 51.5 Å². The molecule has 3 N–H and O–H groups in total. The lowest BCUT2D eigenvalue weighted by atomic mass is 10.2. The van der Waals surface area contributed by atoms with Crippen LogP contribution in [0.1, 0.15) is 10.4 Å². The number of hydrogen-bond donors (Lipinski definition) is 2. The van der Waals surface area contributed by atoms with E-state index in [0.717, 1.165) is 9.17 Å². The average Bonchev–Trinajstić information content (AvgIpc) is 2.80. The molecule has 0 unspecified atom stereocenters. The zero-order valence-corrected chi connectivity index (χ0v) is 13.7. The number of carbonyl (C=O) groups excluding carboxylic acids is 1. The number of nitrogen functional groups attached to an aromatic ring is 1. The second-order valence-corrected chi connectivity index (χ2v) is 6.71. The summed E-state index contributed by atoms with van der Waals surface area (Å²) in [4.78, 5) is 16.4. The number of fused-ring (bicyclic) bond motifs is 1. The molecular weight excluding hydrogens is 374 g/mol. The molecule has 106 valence electrons. The summed E-state index contributed by atoms with van der Waals surface area (Å²) < 4.78 is 1.68. The zero-order chi connectivity index (χ0) is 15.0. The Labute approximate surface area is 138 Å². The molecule has 2 aromatic carbocycles. The normalized spacial score (nSPS) is 10.8. The first-order valence-electron chi connectivity index (χ1n) is 5.95. The van der Waals surface area contributed by atoms with E-state index < -0.39 is 0 Å². The fourth-order valence-corrected chi connectivity index (χ4v) is 3.43. The Kier molecular flexibility index (Phi) is 3.84. The highest BCUT2D eigenvalue weighted by Gasteiger charge is 2.11. The van der Waals surface area contributed by atoms with Crippen LogP contribution in [0.25, 0.3) is 10.2 Å². The van der Waals surface area contributed by atoms with Crippen LogP contribution in [-0.4, -0.2) is 10.9 Å². The number of nitrogens with two attached hydrogens (primary N) is 1. The summed E-state index contributed by atoms with van der Waals surface area (Å²) in [5, 5.41) is 3.73. The van der Waals surface area contributed by atoms with Gasteiger partial charge in [0.2, 0.25) is 0 Å². The van der Waals surface area contributed by atoms with E-state index in [1.54, 1.807) is 24.3 Å². The first-order valence-corrected chi connectivity index (χ1v) is 7.94. The van der Waals surface area contributed by atoms with Gasteiger partial charge in [0.1, 0.15) is 5.52 Å². The van der Waals surface area contributed by atoms with E-state index in [0.29, 0.717) is 26.9 Å².